The van der Waals surface area contributed by atoms with Crippen LogP contribution in [0.15, 0.2) is 60.4 Å². The maximum Gasteiger partial charge on any atom is 0.273 e. The first kappa shape index (κ1) is 62.1. The maximum absolute atomic E-state index is 13.9. The van der Waals surface area contributed by atoms with E-state index in [0.717, 1.165) is 34.5 Å². The van der Waals surface area contributed by atoms with Crippen LogP contribution in [0.2, 0.25) is 0 Å². The van der Waals surface area contributed by atoms with E-state index < -0.39 is 41.3 Å². The fraction of sp³-hybridized carbons (Fsp3) is 0.509. The van der Waals surface area contributed by atoms with Gasteiger partial charge in [0.1, 0.15) is 31.6 Å². The van der Waals surface area contributed by atoms with Crippen molar-refractivity contribution in [2.45, 2.75) is 78.2 Å². The Bertz CT molecular complexity index is 2950. The van der Waals surface area contributed by atoms with Gasteiger partial charge in [-0.15, -0.1) is 21.5 Å². The number of aromatic nitrogens is 6. The van der Waals surface area contributed by atoms with Gasteiger partial charge in [-0.25, -0.2) is 9.97 Å². The van der Waals surface area contributed by atoms with E-state index in [0.29, 0.717) is 54.9 Å². The van der Waals surface area contributed by atoms with E-state index >= 15 is 0 Å². The Balaban J connectivity index is 0.704. The predicted molar refractivity (Wildman–Crippen MR) is 301 cm³/mol. The molecule has 7 N–H and O–H groups in total. The molecule has 1 aliphatic carbocycles. The highest BCUT2D eigenvalue weighted by Gasteiger charge is 2.44. The Morgan fingerprint density at radius 2 is 1.49 bits per heavy atom. The summed E-state index contributed by atoms with van der Waals surface area (Å²) < 4.78 is 34.9. The van der Waals surface area contributed by atoms with E-state index in [1.54, 1.807) is 39.7 Å². The van der Waals surface area contributed by atoms with Crippen LogP contribution in [0.25, 0.3) is 21.8 Å². The number of thiazole rings is 1. The van der Waals surface area contributed by atoms with E-state index in [2.05, 4.69) is 57.2 Å². The number of anilines is 3. The van der Waals surface area contributed by atoms with Gasteiger partial charge in [0.05, 0.1) is 106 Å². The molecule has 6 amide bonds. The van der Waals surface area contributed by atoms with Crippen LogP contribution in [0, 0.1) is 18.3 Å². The Morgan fingerprint density at radius 3 is 2.11 bits per heavy atom. The Morgan fingerprint density at radius 1 is 0.817 bits per heavy atom. The van der Waals surface area contributed by atoms with Crippen LogP contribution in [0.3, 0.4) is 0 Å². The fourth-order valence-corrected chi connectivity index (χ4v) is 9.37. The molecule has 2 aromatic carbocycles. The highest BCUT2D eigenvalue weighted by atomic mass is 32.1. The number of para-hydroxylation sites is 1. The number of benzene rings is 2. The molecule has 442 valence electrons. The minimum atomic E-state index is -0.989. The lowest BCUT2D eigenvalue weighted by Gasteiger charge is -2.35. The standard InChI is InChI=1S/C55H73N13O13S/c1-34-48(82-33-60-34)36-12-10-35(11-13-36)28-58-52(73)42-26-38(69)29-68(42)54(75)49(55(2,3)4)63-45(71)31-81-25-23-79-21-19-77-18-20-78-22-24-80-30-44(70)57-16-17-67-32-59-50(66-67)39-8-7-9-40(47(39)76-6)61-41-27-43(62-51(72)37-14-15-37)64-65-46(41)53(74)56-5/h7-13,27,32-33,37-38,42,49,69H,14-26,28-31H2,1-6H3,(H,56,74)(H,57,70)(H,58,73)(H,63,71)(H2,61,62,64,72)/t38-,42+,49-/m1/s1. The first-order valence-corrected chi connectivity index (χ1v) is 27.9. The normalized spacial score (nSPS) is 15.4. The second kappa shape index (κ2) is 30.5. The molecule has 4 heterocycles. The SMILES string of the molecule is CNC(=O)c1nnc(NC(=O)C2CC2)cc1Nc1cccc(-c2ncn(CCNC(=O)COCCOCCOCCOCCOCC(=O)N[C@H](C(=O)N3C[C@H](O)C[C@H]3C(=O)NCc3ccc(-c4scnc4C)cc3)C(C)(C)C)n2)c1OC. The summed E-state index contributed by atoms with van der Waals surface area (Å²) in [6.07, 6.45) is 2.35. The van der Waals surface area contributed by atoms with Crippen molar-refractivity contribution in [1.82, 2.24) is 56.1 Å². The minimum absolute atomic E-state index is 0.0117. The fourth-order valence-electron chi connectivity index (χ4n) is 8.56. The van der Waals surface area contributed by atoms with Gasteiger partial charge in [-0.2, -0.15) is 5.10 Å². The molecule has 0 bridgehead atoms. The number of carbonyl (C=O) groups excluding carboxylic acids is 6. The van der Waals surface area contributed by atoms with Crippen LogP contribution >= 0.6 is 11.3 Å². The Hall–Kier alpha value is -7.53. The van der Waals surface area contributed by atoms with Gasteiger partial charge in [0.25, 0.3) is 5.91 Å². The lowest BCUT2D eigenvalue weighted by Crippen LogP contribution is -2.58. The zero-order chi connectivity index (χ0) is 58.6. The summed E-state index contributed by atoms with van der Waals surface area (Å²) >= 11 is 1.56. The molecule has 1 aliphatic heterocycles. The number of ether oxygens (including phenoxy) is 6. The number of hydrogen-bond donors (Lipinski definition) is 7. The van der Waals surface area contributed by atoms with E-state index in [1.165, 1.54) is 31.5 Å². The summed E-state index contributed by atoms with van der Waals surface area (Å²) in [4.78, 5) is 89.0. The number of β-amino-alcohol motifs (C(OH)–C–C–N with tert-alkyl or cyclic N) is 1. The summed E-state index contributed by atoms with van der Waals surface area (Å²) in [5.41, 5.74) is 5.29. The number of carbonyl (C=O) groups is 6. The van der Waals surface area contributed by atoms with Crippen molar-refractivity contribution < 1.29 is 62.3 Å². The third-order valence-electron chi connectivity index (χ3n) is 13.0. The monoisotopic (exact) mass is 1160 g/mol. The van der Waals surface area contributed by atoms with Crippen molar-refractivity contribution in [3.05, 3.63) is 77.3 Å². The molecule has 82 heavy (non-hydrogen) atoms. The zero-order valence-electron chi connectivity index (χ0n) is 47.0. The summed E-state index contributed by atoms with van der Waals surface area (Å²) in [5.74, 6) is -1.42. The number of methoxy groups -OCH3 is 1. The second-order valence-electron chi connectivity index (χ2n) is 20.4. The van der Waals surface area contributed by atoms with Crippen molar-refractivity contribution in [3.63, 3.8) is 0 Å². The molecule has 1 saturated carbocycles. The minimum Gasteiger partial charge on any atom is -0.494 e. The smallest absolute Gasteiger partial charge is 0.273 e. The van der Waals surface area contributed by atoms with E-state index in [1.807, 2.05) is 52.0 Å². The molecule has 2 aliphatic rings. The van der Waals surface area contributed by atoms with E-state index in [9.17, 15) is 33.9 Å². The van der Waals surface area contributed by atoms with Crippen molar-refractivity contribution in [2.24, 2.45) is 11.3 Å². The molecular formula is C55H73N13O13S. The number of nitrogens with one attached hydrogen (secondary N) is 6. The topological polar surface area (TPSA) is 323 Å². The van der Waals surface area contributed by atoms with Gasteiger partial charge in [-0.3, -0.25) is 33.4 Å². The first-order chi connectivity index (χ1) is 39.5. The summed E-state index contributed by atoms with van der Waals surface area (Å²) in [6, 6.07) is 12.8. The molecule has 3 aromatic heterocycles. The number of likely N-dealkylation sites (tertiary alicyclic amines) is 1. The first-order valence-electron chi connectivity index (χ1n) is 27.0. The number of nitrogens with zero attached hydrogens (tertiary/aromatic N) is 7. The van der Waals surface area contributed by atoms with Crippen LogP contribution in [-0.2, 0) is 60.7 Å². The van der Waals surface area contributed by atoms with Crippen LogP contribution in [-0.4, -0.2) is 187 Å². The van der Waals surface area contributed by atoms with Gasteiger partial charge >= 0.3 is 0 Å². The Labute approximate surface area is 479 Å². The highest BCUT2D eigenvalue weighted by Crippen LogP contribution is 2.38. The molecule has 2 fully saturated rings. The third kappa shape index (κ3) is 18.2. The maximum atomic E-state index is 13.9. The summed E-state index contributed by atoms with van der Waals surface area (Å²) in [7, 11) is 2.97. The molecule has 3 atom stereocenters. The number of aryl methyl sites for hydroxylation is 1. The Kier molecular flexibility index (Phi) is 23.1. The highest BCUT2D eigenvalue weighted by molar-refractivity contribution is 7.13. The largest absolute Gasteiger partial charge is 0.494 e. The second-order valence-corrected chi connectivity index (χ2v) is 21.3. The number of hydrogen-bond acceptors (Lipinski definition) is 20. The molecule has 5 aromatic rings. The van der Waals surface area contributed by atoms with Crippen molar-refractivity contribution in [2.75, 3.05) is 104 Å². The van der Waals surface area contributed by atoms with E-state index in [4.69, 9.17) is 28.4 Å². The average molecular weight is 1160 g/mol. The van der Waals surface area contributed by atoms with Gasteiger partial charge in [-0.05, 0) is 48.4 Å². The van der Waals surface area contributed by atoms with E-state index in [-0.39, 0.29) is 107 Å². The summed E-state index contributed by atoms with van der Waals surface area (Å²) in [6.45, 7) is 9.67. The van der Waals surface area contributed by atoms with Gasteiger partial charge < -0.3 is 70.3 Å². The molecule has 26 nitrogen and oxygen atoms in total. The molecule has 1 saturated heterocycles. The van der Waals surface area contributed by atoms with Crippen molar-refractivity contribution >= 4 is 64.0 Å². The number of aliphatic hydroxyl groups excluding tert-OH is 1. The van der Waals surface area contributed by atoms with Crippen molar-refractivity contribution in [1.29, 1.82) is 0 Å². The number of aliphatic hydroxyl groups is 1. The van der Waals surface area contributed by atoms with Crippen LogP contribution in [0.4, 0.5) is 17.2 Å². The number of amides is 6. The van der Waals surface area contributed by atoms with Gasteiger partial charge in [-0.1, -0.05) is 51.1 Å². The third-order valence-corrected chi connectivity index (χ3v) is 14.0. The van der Waals surface area contributed by atoms with Crippen LogP contribution < -0.4 is 36.6 Å². The molecule has 0 radical (unpaired) electrons. The molecule has 7 rings (SSSR count). The summed E-state index contributed by atoms with van der Waals surface area (Å²) in [5, 5.41) is 40.2. The predicted octanol–water partition coefficient (Wildman–Crippen LogP) is 2.64. The van der Waals surface area contributed by atoms with Gasteiger partial charge in [0, 0.05) is 45.1 Å². The molecular weight excluding hydrogens is 1080 g/mol. The lowest BCUT2D eigenvalue weighted by molar-refractivity contribution is -0.144. The van der Waals surface area contributed by atoms with Crippen LogP contribution in [0.5, 0.6) is 5.75 Å². The van der Waals surface area contributed by atoms with Crippen molar-refractivity contribution in [3.8, 4) is 27.6 Å². The van der Waals surface area contributed by atoms with Gasteiger partial charge in [0.2, 0.25) is 29.5 Å². The lowest BCUT2D eigenvalue weighted by atomic mass is 9.85. The molecule has 0 unspecified atom stereocenters. The zero-order valence-corrected chi connectivity index (χ0v) is 47.8. The molecule has 0 spiro atoms. The van der Waals surface area contributed by atoms with Crippen LogP contribution in [0.1, 0.15) is 61.8 Å². The quantitative estimate of drug-likeness (QED) is 0.0304. The van der Waals surface area contributed by atoms with Gasteiger partial charge in [0.15, 0.2) is 23.1 Å². The average Bonchev–Trinajstić information content (AvgIpc) is 4.02. The molecule has 27 heteroatoms. The number of rotatable bonds is 32.